The number of piperidine rings is 1. The lowest BCUT2D eigenvalue weighted by atomic mass is 9.96. The van der Waals surface area contributed by atoms with E-state index in [4.69, 9.17) is 4.74 Å². The number of β-amino-alcohol motifs (C(OH)–C–C–N with tert-alkyl or cyclic N) is 1. The Morgan fingerprint density at radius 2 is 2.38 bits per heavy atom. The van der Waals surface area contributed by atoms with E-state index in [-0.39, 0.29) is 12.1 Å². The predicted octanol–water partition coefficient (Wildman–Crippen LogP) is 0.808. The molecule has 1 N–H and O–H groups in total. The number of rotatable bonds is 4. The first-order valence-corrected chi connectivity index (χ1v) is 5.87. The molecule has 0 amide bonds. The first-order valence-electron chi connectivity index (χ1n) is 5.87. The Bertz CT molecular complexity index is 253. The average Bonchev–Trinajstić information content (AvgIpc) is 2.24. The van der Waals surface area contributed by atoms with Crippen LogP contribution in [0.1, 0.15) is 20.3 Å². The molecule has 1 aliphatic heterocycles. The molecule has 0 aromatic heterocycles. The highest BCUT2D eigenvalue weighted by atomic mass is 16.5. The molecule has 16 heavy (non-hydrogen) atoms. The molecule has 0 aromatic carbocycles. The molecule has 0 spiro atoms. The summed E-state index contributed by atoms with van der Waals surface area (Å²) in [5.41, 5.74) is 0. The van der Waals surface area contributed by atoms with Crippen LogP contribution in [0.4, 0.5) is 0 Å². The van der Waals surface area contributed by atoms with Crippen LogP contribution in [0.3, 0.4) is 0 Å². The van der Waals surface area contributed by atoms with Crippen molar-refractivity contribution in [1.82, 2.24) is 4.90 Å². The van der Waals surface area contributed by atoms with Gasteiger partial charge in [-0.25, -0.2) is 4.79 Å². The van der Waals surface area contributed by atoms with Crippen LogP contribution in [-0.2, 0) is 9.53 Å². The molecule has 0 radical (unpaired) electrons. The van der Waals surface area contributed by atoms with Gasteiger partial charge in [0.1, 0.15) is 0 Å². The maximum Gasteiger partial charge on any atom is 0.330 e. The quantitative estimate of drug-likeness (QED) is 0.570. The van der Waals surface area contributed by atoms with Gasteiger partial charge in [0.05, 0.1) is 12.7 Å². The fraction of sp³-hybridized carbons (Fsp3) is 0.750. The number of ether oxygens (including phenoxy) is 1. The summed E-state index contributed by atoms with van der Waals surface area (Å²) in [4.78, 5) is 13.2. The van der Waals surface area contributed by atoms with E-state index in [1.54, 1.807) is 13.0 Å². The number of aliphatic hydroxyl groups excluding tert-OH is 1. The zero-order chi connectivity index (χ0) is 12.0. The van der Waals surface area contributed by atoms with Gasteiger partial charge in [-0.2, -0.15) is 0 Å². The summed E-state index contributed by atoms with van der Waals surface area (Å²) in [7, 11) is 0. The monoisotopic (exact) mass is 227 g/mol. The van der Waals surface area contributed by atoms with Gasteiger partial charge in [0.2, 0.25) is 0 Å². The average molecular weight is 227 g/mol. The van der Waals surface area contributed by atoms with Gasteiger partial charge in [0.25, 0.3) is 0 Å². The van der Waals surface area contributed by atoms with Crippen LogP contribution in [-0.4, -0.2) is 48.3 Å². The number of nitrogens with zero attached hydrogens (tertiary/aromatic N) is 1. The van der Waals surface area contributed by atoms with Crippen molar-refractivity contribution in [2.75, 3.05) is 26.2 Å². The van der Waals surface area contributed by atoms with Gasteiger partial charge in [-0.1, -0.05) is 13.0 Å². The lowest BCUT2D eigenvalue weighted by Gasteiger charge is -2.33. The maximum absolute atomic E-state index is 11.0. The van der Waals surface area contributed by atoms with Crippen LogP contribution in [0.5, 0.6) is 0 Å². The third-order valence-corrected chi connectivity index (χ3v) is 2.91. The van der Waals surface area contributed by atoms with Crippen LogP contribution in [0.25, 0.3) is 0 Å². The predicted molar refractivity (Wildman–Crippen MR) is 62.0 cm³/mol. The lowest BCUT2D eigenvalue weighted by molar-refractivity contribution is -0.137. The molecular formula is C12H21NO3. The minimum Gasteiger partial charge on any atom is -0.463 e. The second-order valence-corrected chi connectivity index (χ2v) is 4.25. The summed E-state index contributed by atoms with van der Waals surface area (Å²) in [6.07, 6.45) is 4.01. The van der Waals surface area contributed by atoms with Gasteiger partial charge < -0.3 is 9.84 Å². The summed E-state index contributed by atoms with van der Waals surface area (Å²) in [5, 5.41) is 9.68. The molecule has 0 aromatic rings. The zero-order valence-corrected chi connectivity index (χ0v) is 10.1. The summed E-state index contributed by atoms with van der Waals surface area (Å²) in [5.74, 6) is 0.0821. The number of esters is 1. The Kier molecular flexibility index (Phi) is 5.49. The molecule has 4 nitrogen and oxygen atoms in total. The molecule has 0 bridgehead atoms. The fourth-order valence-corrected chi connectivity index (χ4v) is 1.77. The highest BCUT2D eigenvalue weighted by molar-refractivity contribution is 5.81. The summed E-state index contributed by atoms with van der Waals surface area (Å²) in [6, 6.07) is 0. The molecule has 2 atom stereocenters. The van der Waals surface area contributed by atoms with E-state index in [1.165, 1.54) is 6.08 Å². The minimum absolute atomic E-state index is 0.246. The van der Waals surface area contributed by atoms with Crippen molar-refractivity contribution in [3.8, 4) is 0 Å². The van der Waals surface area contributed by atoms with Crippen LogP contribution < -0.4 is 0 Å². The van der Waals surface area contributed by atoms with Crippen molar-refractivity contribution in [2.45, 2.75) is 26.4 Å². The fourth-order valence-electron chi connectivity index (χ4n) is 1.77. The first kappa shape index (κ1) is 13.2. The van der Waals surface area contributed by atoms with E-state index < -0.39 is 0 Å². The van der Waals surface area contributed by atoms with Gasteiger partial charge in [-0.15, -0.1) is 0 Å². The molecule has 0 aliphatic carbocycles. The molecule has 1 fully saturated rings. The number of carbonyl (C=O) groups is 1. The molecule has 1 aliphatic rings. The van der Waals surface area contributed by atoms with Gasteiger partial charge in [0.15, 0.2) is 0 Å². The Morgan fingerprint density at radius 3 is 3.00 bits per heavy atom. The second kappa shape index (κ2) is 6.66. The standard InChI is InChI=1S/C12H21NO3/c1-3-16-12(15)5-4-7-13-8-6-10(2)11(14)9-13/h4-5,10-11,14H,3,6-9H2,1-2H3/b5-4+. The smallest absolute Gasteiger partial charge is 0.330 e. The number of carbonyl (C=O) groups excluding carboxylic acids is 1. The first-order chi connectivity index (χ1) is 7.63. The largest absolute Gasteiger partial charge is 0.463 e. The van der Waals surface area contributed by atoms with Crippen LogP contribution in [0.15, 0.2) is 12.2 Å². The van der Waals surface area contributed by atoms with Crippen molar-refractivity contribution < 1.29 is 14.6 Å². The van der Waals surface area contributed by atoms with E-state index >= 15 is 0 Å². The molecule has 4 heteroatoms. The molecular weight excluding hydrogens is 206 g/mol. The van der Waals surface area contributed by atoms with Crippen LogP contribution in [0, 0.1) is 5.92 Å². The molecule has 1 rings (SSSR count). The highest BCUT2D eigenvalue weighted by Gasteiger charge is 2.23. The Labute approximate surface area is 96.9 Å². The SMILES string of the molecule is CCOC(=O)/C=C/CN1CCC(C)C(O)C1. The van der Waals surface area contributed by atoms with Crippen LogP contribution in [0.2, 0.25) is 0 Å². The molecule has 92 valence electrons. The number of hydrogen-bond donors (Lipinski definition) is 1. The van der Waals surface area contributed by atoms with Crippen LogP contribution >= 0.6 is 0 Å². The number of hydrogen-bond acceptors (Lipinski definition) is 4. The third kappa shape index (κ3) is 4.33. The van der Waals surface area contributed by atoms with Crippen molar-refractivity contribution in [1.29, 1.82) is 0 Å². The summed E-state index contributed by atoms with van der Waals surface area (Å²) < 4.78 is 4.78. The molecule has 0 saturated carbocycles. The molecule has 1 heterocycles. The van der Waals surface area contributed by atoms with Crippen molar-refractivity contribution in [3.63, 3.8) is 0 Å². The van der Waals surface area contributed by atoms with E-state index in [0.717, 1.165) is 13.0 Å². The number of aliphatic hydroxyl groups is 1. The lowest BCUT2D eigenvalue weighted by Crippen LogP contribution is -2.42. The summed E-state index contributed by atoms with van der Waals surface area (Å²) in [6.45, 7) is 6.62. The van der Waals surface area contributed by atoms with Gasteiger partial charge in [-0.3, -0.25) is 4.90 Å². The van der Waals surface area contributed by atoms with Gasteiger partial charge >= 0.3 is 5.97 Å². The topological polar surface area (TPSA) is 49.8 Å². The van der Waals surface area contributed by atoms with Gasteiger partial charge in [0, 0.05) is 19.2 Å². The third-order valence-electron chi connectivity index (χ3n) is 2.91. The van der Waals surface area contributed by atoms with E-state index in [9.17, 15) is 9.90 Å². The Hall–Kier alpha value is -0.870. The molecule has 2 unspecified atom stereocenters. The Morgan fingerprint density at radius 1 is 1.62 bits per heavy atom. The second-order valence-electron chi connectivity index (χ2n) is 4.25. The maximum atomic E-state index is 11.0. The van der Waals surface area contributed by atoms with Crippen molar-refractivity contribution >= 4 is 5.97 Å². The summed E-state index contributed by atoms with van der Waals surface area (Å²) >= 11 is 0. The number of likely N-dealkylation sites (tertiary alicyclic amines) is 1. The zero-order valence-electron chi connectivity index (χ0n) is 10.1. The van der Waals surface area contributed by atoms with Gasteiger partial charge in [-0.05, 0) is 25.8 Å². The van der Waals surface area contributed by atoms with E-state index in [2.05, 4.69) is 11.8 Å². The van der Waals surface area contributed by atoms with Crippen molar-refractivity contribution in [3.05, 3.63) is 12.2 Å². The molecule has 1 saturated heterocycles. The van der Waals surface area contributed by atoms with E-state index in [0.29, 0.717) is 25.6 Å². The van der Waals surface area contributed by atoms with Crippen molar-refractivity contribution in [2.24, 2.45) is 5.92 Å². The Balaban J connectivity index is 2.25. The van der Waals surface area contributed by atoms with E-state index in [1.807, 2.05) is 0 Å². The minimum atomic E-state index is -0.298. The highest BCUT2D eigenvalue weighted by Crippen LogP contribution is 2.16. The normalized spacial score (nSPS) is 27.2.